The molecule has 17 heavy (non-hydrogen) atoms. The van der Waals surface area contributed by atoms with Crippen molar-refractivity contribution in [3.8, 4) is 0 Å². The van der Waals surface area contributed by atoms with Crippen molar-refractivity contribution in [2.45, 2.75) is 25.9 Å². The van der Waals surface area contributed by atoms with E-state index in [9.17, 15) is 13.2 Å². The fourth-order valence-electron chi connectivity index (χ4n) is 1.56. The monoisotopic (exact) mass is 241 g/mol. The normalized spacial score (nSPS) is 12.0. The number of aryl methyl sites for hydroxylation is 2. The Morgan fingerprint density at radius 2 is 2.00 bits per heavy atom. The van der Waals surface area contributed by atoms with Crippen molar-refractivity contribution in [1.82, 2.24) is 15.0 Å². The van der Waals surface area contributed by atoms with Crippen LogP contribution in [0.2, 0.25) is 0 Å². The Morgan fingerprint density at radius 3 is 2.71 bits per heavy atom. The van der Waals surface area contributed by atoms with Crippen molar-refractivity contribution >= 4 is 10.9 Å². The first-order valence-electron chi connectivity index (χ1n) is 5.10. The van der Waals surface area contributed by atoms with Gasteiger partial charge in [-0.3, -0.25) is 4.98 Å². The highest BCUT2D eigenvalue weighted by atomic mass is 19.4. The molecule has 0 aromatic carbocycles. The summed E-state index contributed by atoms with van der Waals surface area (Å²) in [4.78, 5) is 12.0. The van der Waals surface area contributed by atoms with E-state index in [0.717, 1.165) is 5.39 Å². The van der Waals surface area contributed by atoms with Gasteiger partial charge in [0.05, 0.1) is 18.1 Å². The molecule has 0 aliphatic heterocycles. The standard InChI is InChI=1S/C11H10F3N3/c1-7-8-3-5-15-6-9(8)17-10(16-7)2-4-11(12,13)14/h3,5-6H,2,4H2,1H3. The highest BCUT2D eigenvalue weighted by Crippen LogP contribution is 2.22. The molecule has 0 spiro atoms. The number of hydrogen-bond donors (Lipinski definition) is 0. The summed E-state index contributed by atoms with van der Waals surface area (Å²) in [5.74, 6) is 0.209. The Hall–Kier alpha value is -1.72. The van der Waals surface area contributed by atoms with E-state index in [2.05, 4.69) is 15.0 Å². The Bertz CT molecular complexity index is 537. The molecule has 0 fully saturated rings. The third-order valence-corrected chi connectivity index (χ3v) is 2.37. The molecule has 3 nitrogen and oxygen atoms in total. The molecule has 0 atom stereocenters. The number of rotatable bonds is 2. The SMILES string of the molecule is Cc1nc(CCC(F)(F)F)nc2cnccc12. The molecule has 6 heteroatoms. The quantitative estimate of drug-likeness (QED) is 0.811. The number of fused-ring (bicyclic) bond motifs is 1. The summed E-state index contributed by atoms with van der Waals surface area (Å²) in [6.45, 7) is 1.75. The van der Waals surface area contributed by atoms with Crippen molar-refractivity contribution < 1.29 is 13.2 Å². The first-order valence-corrected chi connectivity index (χ1v) is 5.10. The smallest absolute Gasteiger partial charge is 0.262 e. The zero-order valence-electron chi connectivity index (χ0n) is 9.12. The molecule has 0 saturated heterocycles. The topological polar surface area (TPSA) is 38.7 Å². The second kappa shape index (κ2) is 4.27. The average Bonchev–Trinajstić information content (AvgIpc) is 2.26. The number of nitrogens with zero attached hydrogens (tertiary/aromatic N) is 3. The van der Waals surface area contributed by atoms with Gasteiger partial charge in [-0.25, -0.2) is 9.97 Å². The summed E-state index contributed by atoms with van der Waals surface area (Å²) < 4.78 is 36.3. The fourth-order valence-corrected chi connectivity index (χ4v) is 1.56. The molecule has 2 heterocycles. The molecular formula is C11H10F3N3. The van der Waals surface area contributed by atoms with Gasteiger partial charge in [0.25, 0.3) is 0 Å². The van der Waals surface area contributed by atoms with Crippen LogP contribution in [-0.2, 0) is 6.42 Å². The van der Waals surface area contributed by atoms with E-state index in [1.54, 1.807) is 19.2 Å². The largest absolute Gasteiger partial charge is 0.389 e. The van der Waals surface area contributed by atoms with Gasteiger partial charge in [-0.2, -0.15) is 13.2 Å². The summed E-state index contributed by atoms with van der Waals surface area (Å²) >= 11 is 0. The van der Waals surface area contributed by atoms with E-state index in [1.165, 1.54) is 6.20 Å². The van der Waals surface area contributed by atoms with E-state index in [4.69, 9.17) is 0 Å². The Kier molecular flexibility index (Phi) is 2.95. The molecule has 0 aliphatic carbocycles. The maximum absolute atomic E-state index is 12.1. The first-order chi connectivity index (χ1) is 7.96. The lowest BCUT2D eigenvalue weighted by molar-refractivity contribution is -0.134. The van der Waals surface area contributed by atoms with Crippen LogP contribution in [0, 0.1) is 6.92 Å². The summed E-state index contributed by atoms with van der Waals surface area (Å²) in [7, 11) is 0. The highest BCUT2D eigenvalue weighted by molar-refractivity contribution is 5.79. The minimum atomic E-state index is -4.18. The lowest BCUT2D eigenvalue weighted by Crippen LogP contribution is -2.10. The molecule has 0 radical (unpaired) electrons. The van der Waals surface area contributed by atoms with Gasteiger partial charge in [0.1, 0.15) is 5.82 Å². The molecule has 2 aromatic rings. The van der Waals surface area contributed by atoms with Gasteiger partial charge >= 0.3 is 6.18 Å². The van der Waals surface area contributed by atoms with E-state index >= 15 is 0 Å². The Morgan fingerprint density at radius 1 is 1.24 bits per heavy atom. The van der Waals surface area contributed by atoms with Gasteiger partial charge in [0, 0.05) is 23.7 Å². The second-order valence-corrected chi connectivity index (χ2v) is 3.73. The van der Waals surface area contributed by atoms with Crippen LogP contribution in [0.3, 0.4) is 0 Å². The highest BCUT2D eigenvalue weighted by Gasteiger charge is 2.27. The van der Waals surface area contributed by atoms with Crippen LogP contribution in [0.4, 0.5) is 13.2 Å². The van der Waals surface area contributed by atoms with Gasteiger partial charge in [0.15, 0.2) is 0 Å². The van der Waals surface area contributed by atoms with E-state index in [0.29, 0.717) is 11.2 Å². The van der Waals surface area contributed by atoms with Gasteiger partial charge in [-0.05, 0) is 13.0 Å². The predicted octanol–water partition coefficient (Wildman–Crippen LogP) is 2.83. The minimum Gasteiger partial charge on any atom is -0.262 e. The first kappa shape index (κ1) is 11.8. The van der Waals surface area contributed by atoms with Crippen molar-refractivity contribution in [3.63, 3.8) is 0 Å². The molecule has 2 aromatic heterocycles. The zero-order valence-corrected chi connectivity index (χ0v) is 9.12. The van der Waals surface area contributed by atoms with Crippen molar-refractivity contribution in [1.29, 1.82) is 0 Å². The molecule has 0 bridgehead atoms. The lowest BCUT2D eigenvalue weighted by atomic mass is 10.2. The van der Waals surface area contributed by atoms with Crippen LogP contribution in [0.5, 0.6) is 0 Å². The number of halogens is 3. The summed E-state index contributed by atoms with van der Waals surface area (Å²) in [5, 5.41) is 0.816. The maximum atomic E-state index is 12.1. The van der Waals surface area contributed by atoms with E-state index in [1.807, 2.05) is 0 Å². The van der Waals surface area contributed by atoms with Gasteiger partial charge in [-0.15, -0.1) is 0 Å². The van der Waals surface area contributed by atoms with Crippen molar-refractivity contribution in [2.24, 2.45) is 0 Å². The number of pyridine rings is 1. The molecular weight excluding hydrogens is 231 g/mol. The van der Waals surface area contributed by atoms with Gasteiger partial charge in [-0.1, -0.05) is 0 Å². The summed E-state index contributed by atoms with van der Waals surface area (Å²) in [6.07, 6.45) is -2.15. The van der Waals surface area contributed by atoms with Crippen LogP contribution in [0.25, 0.3) is 10.9 Å². The van der Waals surface area contributed by atoms with Gasteiger partial charge < -0.3 is 0 Å². The summed E-state index contributed by atoms with van der Waals surface area (Å²) in [6, 6.07) is 1.75. The van der Waals surface area contributed by atoms with Crippen LogP contribution < -0.4 is 0 Å². The van der Waals surface area contributed by atoms with Crippen LogP contribution in [0.1, 0.15) is 17.9 Å². The Balaban J connectivity index is 2.31. The Labute approximate surface area is 95.7 Å². The number of alkyl halides is 3. The minimum absolute atomic E-state index is 0.199. The third kappa shape index (κ3) is 2.89. The molecule has 0 N–H and O–H groups in total. The van der Waals surface area contributed by atoms with Crippen molar-refractivity contribution in [2.75, 3.05) is 0 Å². The summed E-state index contributed by atoms with van der Waals surface area (Å²) in [5.41, 5.74) is 1.26. The molecule has 90 valence electrons. The predicted molar refractivity (Wildman–Crippen MR) is 56.4 cm³/mol. The number of aromatic nitrogens is 3. The van der Waals surface area contributed by atoms with Crippen LogP contribution in [0.15, 0.2) is 18.5 Å². The fraction of sp³-hybridized carbons (Fsp3) is 0.364. The van der Waals surface area contributed by atoms with Crippen molar-refractivity contribution in [3.05, 3.63) is 30.0 Å². The molecule has 0 aliphatic rings. The third-order valence-electron chi connectivity index (χ3n) is 2.37. The average molecular weight is 241 g/mol. The second-order valence-electron chi connectivity index (χ2n) is 3.73. The van der Waals surface area contributed by atoms with E-state index in [-0.39, 0.29) is 12.2 Å². The zero-order chi connectivity index (χ0) is 12.5. The van der Waals surface area contributed by atoms with Crippen LogP contribution in [-0.4, -0.2) is 21.1 Å². The number of hydrogen-bond acceptors (Lipinski definition) is 3. The molecule has 2 rings (SSSR count). The maximum Gasteiger partial charge on any atom is 0.389 e. The van der Waals surface area contributed by atoms with Gasteiger partial charge in [0.2, 0.25) is 0 Å². The van der Waals surface area contributed by atoms with E-state index < -0.39 is 12.6 Å². The molecule has 0 amide bonds. The molecule has 0 saturated carbocycles. The molecule has 0 unspecified atom stereocenters. The lowest BCUT2D eigenvalue weighted by Gasteiger charge is -2.07. The van der Waals surface area contributed by atoms with Crippen LogP contribution >= 0.6 is 0 Å².